The second-order valence-corrected chi connectivity index (χ2v) is 9.77. The van der Waals surface area contributed by atoms with E-state index in [2.05, 4.69) is 59.1 Å². The van der Waals surface area contributed by atoms with Crippen molar-refractivity contribution in [1.29, 1.82) is 5.41 Å². The summed E-state index contributed by atoms with van der Waals surface area (Å²) in [6.07, 6.45) is 6.28. The van der Waals surface area contributed by atoms with Crippen LogP contribution in [0.1, 0.15) is 75.1 Å². The second kappa shape index (κ2) is 14.3. The molecule has 0 bridgehead atoms. The average molecular weight is 515 g/mol. The molecule has 5 heteroatoms. The number of nitrogens with one attached hydrogen (secondary N) is 1. The molecule has 0 saturated heterocycles. The lowest BCUT2D eigenvalue weighted by atomic mass is 9.84. The predicted molar refractivity (Wildman–Crippen MR) is 158 cm³/mol. The number of ketones is 2. The van der Waals surface area contributed by atoms with Gasteiger partial charge in [-0.05, 0) is 111 Å². The van der Waals surface area contributed by atoms with Gasteiger partial charge in [-0.15, -0.1) is 0 Å². The Hall–Kier alpha value is -3.73. The van der Waals surface area contributed by atoms with Gasteiger partial charge in [0.05, 0.1) is 17.5 Å². The zero-order valence-corrected chi connectivity index (χ0v) is 23.3. The molecule has 2 aromatic carbocycles. The van der Waals surface area contributed by atoms with Gasteiger partial charge in [-0.1, -0.05) is 50.8 Å². The normalized spacial score (nSPS) is 12.9. The summed E-state index contributed by atoms with van der Waals surface area (Å²) < 4.78 is 14.3. The first-order valence-corrected chi connectivity index (χ1v) is 13.1. The molecule has 2 aromatic rings. The first kappa shape index (κ1) is 30.5. The largest absolute Gasteiger partial charge is 0.305 e. The molecule has 0 saturated carbocycles. The molecule has 4 nitrogen and oxygen atoms in total. The SMILES string of the molecule is C=Cc1ccc(F)cc1/C(C(=C)CCCC(CCC)C(C)=Nc1cc(C)ccc1C)=C(\C(C)=O)C(=O)C=N. The van der Waals surface area contributed by atoms with Crippen molar-refractivity contribution in [2.24, 2.45) is 10.9 Å². The third kappa shape index (κ3) is 7.88. The van der Waals surface area contributed by atoms with Crippen LogP contribution in [0, 0.1) is 31.0 Å². The van der Waals surface area contributed by atoms with E-state index >= 15 is 0 Å². The van der Waals surface area contributed by atoms with Gasteiger partial charge in [0.25, 0.3) is 0 Å². The Bertz CT molecular complexity index is 1300. The van der Waals surface area contributed by atoms with E-state index in [9.17, 15) is 14.0 Å². The van der Waals surface area contributed by atoms with Crippen molar-refractivity contribution in [3.05, 3.63) is 88.8 Å². The van der Waals surface area contributed by atoms with Crippen molar-refractivity contribution in [3.8, 4) is 0 Å². The van der Waals surface area contributed by atoms with Gasteiger partial charge in [-0.2, -0.15) is 0 Å². The smallest absolute Gasteiger partial charge is 0.207 e. The quantitative estimate of drug-likeness (QED) is 0.0901. The summed E-state index contributed by atoms with van der Waals surface area (Å²) >= 11 is 0. The number of hydrogen-bond acceptors (Lipinski definition) is 4. The van der Waals surface area contributed by atoms with E-state index in [0.717, 1.165) is 42.6 Å². The Labute approximate surface area is 226 Å². The molecule has 0 radical (unpaired) electrons. The van der Waals surface area contributed by atoms with E-state index in [1.54, 1.807) is 12.1 Å². The predicted octanol–water partition coefficient (Wildman–Crippen LogP) is 8.58. The third-order valence-corrected chi connectivity index (χ3v) is 6.76. The van der Waals surface area contributed by atoms with Gasteiger partial charge in [0, 0.05) is 5.71 Å². The lowest BCUT2D eigenvalue weighted by Gasteiger charge is -2.20. The van der Waals surface area contributed by atoms with Gasteiger partial charge in [-0.3, -0.25) is 14.6 Å². The maximum Gasteiger partial charge on any atom is 0.207 e. The van der Waals surface area contributed by atoms with E-state index in [1.807, 2.05) is 0 Å². The fourth-order valence-corrected chi connectivity index (χ4v) is 4.69. The first-order valence-electron chi connectivity index (χ1n) is 13.1. The minimum Gasteiger partial charge on any atom is -0.305 e. The topological polar surface area (TPSA) is 70.3 Å². The number of benzene rings is 2. The number of aliphatic imine (C=N–C) groups is 1. The molecule has 0 aliphatic heterocycles. The van der Waals surface area contributed by atoms with Crippen LogP contribution in [0.3, 0.4) is 0 Å². The minimum atomic E-state index is -0.728. The number of aryl methyl sites for hydroxylation is 2. The zero-order chi connectivity index (χ0) is 28.4. The fraction of sp³-hybridized carbons (Fsp3) is 0.333. The lowest BCUT2D eigenvalue weighted by molar-refractivity contribution is -0.117. The second-order valence-electron chi connectivity index (χ2n) is 9.77. The van der Waals surface area contributed by atoms with Gasteiger partial charge < -0.3 is 5.41 Å². The highest BCUT2D eigenvalue weighted by Crippen LogP contribution is 2.34. The molecule has 0 amide bonds. The van der Waals surface area contributed by atoms with Crippen LogP contribution in [0.15, 0.2) is 65.7 Å². The summed E-state index contributed by atoms with van der Waals surface area (Å²) in [5.41, 5.74) is 6.00. The summed E-state index contributed by atoms with van der Waals surface area (Å²) in [6, 6.07) is 10.4. The van der Waals surface area contributed by atoms with Crippen molar-refractivity contribution in [3.63, 3.8) is 0 Å². The molecule has 0 aromatic heterocycles. The fourth-order valence-electron chi connectivity index (χ4n) is 4.69. The Kier molecular flexibility index (Phi) is 11.5. The number of Topliss-reactive ketones (excluding diaryl/α,β-unsaturated/α-hetero) is 2. The molecule has 1 N–H and O–H groups in total. The Morgan fingerprint density at radius 2 is 1.82 bits per heavy atom. The van der Waals surface area contributed by atoms with Crippen LogP contribution in [0.25, 0.3) is 11.6 Å². The molecular weight excluding hydrogens is 475 g/mol. The van der Waals surface area contributed by atoms with Gasteiger partial charge in [0.1, 0.15) is 5.82 Å². The number of nitrogens with zero attached hydrogens (tertiary/aromatic N) is 1. The molecule has 0 aliphatic rings. The molecule has 0 heterocycles. The number of carbonyl (C=O) groups is 2. The molecule has 38 heavy (non-hydrogen) atoms. The highest BCUT2D eigenvalue weighted by Gasteiger charge is 2.24. The Balaban J connectivity index is 2.40. The summed E-state index contributed by atoms with van der Waals surface area (Å²) in [6.45, 7) is 17.6. The summed E-state index contributed by atoms with van der Waals surface area (Å²) in [5.74, 6) is -1.45. The van der Waals surface area contributed by atoms with Gasteiger partial charge in [-0.25, -0.2) is 4.39 Å². The highest BCUT2D eigenvalue weighted by molar-refractivity contribution is 6.45. The lowest BCUT2D eigenvalue weighted by Crippen LogP contribution is -2.15. The van der Waals surface area contributed by atoms with E-state index in [1.165, 1.54) is 24.6 Å². The van der Waals surface area contributed by atoms with Crippen LogP contribution in [0.4, 0.5) is 10.1 Å². The van der Waals surface area contributed by atoms with Gasteiger partial charge in [0.15, 0.2) is 5.78 Å². The number of carbonyl (C=O) groups excluding carboxylic acids is 2. The summed E-state index contributed by atoms with van der Waals surface area (Å²) in [4.78, 5) is 30.2. The monoisotopic (exact) mass is 514 g/mol. The summed E-state index contributed by atoms with van der Waals surface area (Å²) in [7, 11) is 0. The molecule has 0 fully saturated rings. The molecule has 1 unspecified atom stereocenters. The number of hydrogen-bond donors (Lipinski definition) is 1. The molecular formula is C33H39FN2O2. The van der Waals surface area contributed by atoms with Crippen molar-refractivity contribution < 1.29 is 14.0 Å². The van der Waals surface area contributed by atoms with Crippen LogP contribution in [-0.4, -0.2) is 23.5 Å². The third-order valence-electron chi connectivity index (χ3n) is 6.76. The highest BCUT2D eigenvalue weighted by atomic mass is 19.1. The number of rotatable bonds is 14. The van der Waals surface area contributed by atoms with Crippen molar-refractivity contribution in [2.45, 2.75) is 66.7 Å². The van der Waals surface area contributed by atoms with E-state index in [0.29, 0.717) is 29.3 Å². The average Bonchev–Trinajstić information content (AvgIpc) is 2.87. The van der Waals surface area contributed by atoms with Crippen molar-refractivity contribution in [1.82, 2.24) is 0 Å². The maximum absolute atomic E-state index is 14.3. The van der Waals surface area contributed by atoms with E-state index in [4.69, 9.17) is 10.4 Å². The Morgan fingerprint density at radius 3 is 2.42 bits per heavy atom. The van der Waals surface area contributed by atoms with Crippen LogP contribution in [-0.2, 0) is 9.59 Å². The molecule has 1 atom stereocenters. The molecule has 200 valence electrons. The maximum atomic E-state index is 14.3. The number of allylic oxidation sites excluding steroid dienone is 3. The first-order chi connectivity index (χ1) is 18.0. The molecule has 0 aliphatic carbocycles. The number of halogens is 1. The Morgan fingerprint density at radius 1 is 1.11 bits per heavy atom. The van der Waals surface area contributed by atoms with E-state index in [-0.39, 0.29) is 17.1 Å². The van der Waals surface area contributed by atoms with Crippen molar-refractivity contribution >= 4 is 40.8 Å². The standard InChI is InChI=1S/C33H39FN2O2/c1-8-11-27(24(6)36-30-18-21(3)14-15-22(30)4)13-10-12-23(5)32(33(25(7)37)31(38)20-35)29-19-28(34)17-16-26(29)9-2/h9,14-20,27,35H,2,5,8,10-13H2,1,3-4,6-7H3/b33-32+,35-20?,36-24?. The van der Waals surface area contributed by atoms with Crippen LogP contribution < -0.4 is 0 Å². The van der Waals surface area contributed by atoms with Crippen LogP contribution in [0.2, 0.25) is 0 Å². The minimum absolute atomic E-state index is 0.156. The zero-order valence-electron chi connectivity index (χ0n) is 23.3. The van der Waals surface area contributed by atoms with Crippen LogP contribution in [0.5, 0.6) is 0 Å². The molecule has 2 rings (SSSR count). The molecule has 0 spiro atoms. The van der Waals surface area contributed by atoms with Gasteiger partial charge >= 0.3 is 0 Å². The summed E-state index contributed by atoms with van der Waals surface area (Å²) in [5, 5.41) is 7.48. The van der Waals surface area contributed by atoms with E-state index < -0.39 is 17.4 Å². The van der Waals surface area contributed by atoms with Crippen molar-refractivity contribution in [2.75, 3.05) is 0 Å². The van der Waals surface area contributed by atoms with Crippen LogP contribution >= 0.6 is 0 Å². The van der Waals surface area contributed by atoms with Gasteiger partial charge in [0.2, 0.25) is 5.78 Å².